The van der Waals surface area contributed by atoms with E-state index in [4.69, 9.17) is 0 Å². The maximum atomic E-state index is 13.2. The van der Waals surface area contributed by atoms with E-state index in [1.165, 1.54) is 18.3 Å². The minimum Gasteiger partial charge on any atom is -0.391 e. The van der Waals surface area contributed by atoms with Crippen LogP contribution >= 0.6 is 0 Å². The van der Waals surface area contributed by atoms with Crippen molar-refractivity contribution in [3.05, 3.63) is 66.0 Å². The number of hydrogen-bond donors (Lipinski definition) is 1. The molecule has 2 unspecified atom stereocenters. The fourth-order valence-electron chi connectivity index (χ4n) is 3.19. The van der Waals surface area contributed by atoms with Crippen molar-refractivity contribution in [2.75, 3.05) is 6.54 Å². The Bertz CT molecular complexity index is 893. The van der Waals surface area contributed by atoms with Gasteiger partial charge >= 0.3 is 0 Å². The number of hydrogen-bond acceptors (Lipinski definition) is 4. The summed E-state index contributed by atoms with van der Waals surface area (Å²) in [5, 5.41) is 14.2. The lowest BCUT2D eigenvalue weighted by molar-refractivity contribution is 0.0717. The quantitative estimate of drug-likeness (QED) is 0.780. The number of benzene rings is 1. The molecule has 0 spiro atoms. The first kappa shape index (κ1) is 14.8. The number of fused-ring (bicyclic) bond motifs is 1. The van der Waals surface area contributed by atoms with E-state index in [-0.39, 0.29) is 24.3 Å². The van der Waals surface area contributed by atoms with Gasteiger partial charge in [0.1, 0.15) is 5.82 Å². The third-order valence-electron chi connectivity index (χ3n) is 4.35. The summed E-state index contributed by atoms with van der Waals surface area (Å²) in [5.41, 5.74) is 1.85. The van der Waals surface area contributed by atoms with E-state index in [0.717, 1.165) is 5.56 Å². The summed E-state index contributed by atoms with van der Waals surface area (Å²) in [6.07, 6.45) is 6.17. The van der Waals surface area contributed by atoms with Crippen LogP contribution in [0, 0.1) is 5.82 Å². The van der Waals surface area contributed by atoms with E-state index in [2.05, 4.69) is 10.1 Å². The molecule has 1 amide bonds. The first-order valence-corrected chi connectivity index (χ1v) is 7.65. The number of aliphatic hydroxyl groups excluding tert-OH is 1. The number of aromatic nitrogens is 3. The number of aliphatic hydroxyl groups is 1. The normalized spacial score (nSPS) is 20.7. The summed E-state index contributed by atoms with van der Waals surface area (Å²) >= 11 is 0. The molecule has 24 heavy (non-hydrogen) atoms. The maximum absolute atomic E-state index is 13.2. The number of nitrogens with zero attached hydrogens (tertiary/aromatic N) is 4. The van der Waals surface area contributed by atoms with E-state index in [1.807, 2.05) is 0 Å². The number of rotatable bonds is 2. The molecule has 2 aromatic heterocycles. The lowest BCUT2D eigenvalue weighted by atomic mass is 10.0. The lowest BCUT2D eigenvalue weighted by Crippen LogP contribution is -2.31. The van der Waals surface area contributed by atoms with E-state index in [0.29, 0.717) is 17.5 Å². The Morgan fingerprint density at radius 2 is 2.04 bits per heavy atom. The molecule has 4 rings (SSSR count). The molecule has 122 valence electrons. The molecule has 1 aliphatic heterocycles. The predicted molar refractivity (Wildman–Crippen MR) is 83.8 cm³/mol. The van der Waals surface area contributed by atoms with Crippen molar-refractivity contribution < 1.29 is 14.3 Å². The molecular weight excluding hydrogens is 311 g/mol. The van der Waals surface area contributed by atoms with Crippen LogP contribution in [0.5, 0.6) is 0 Å². The smallest absolute Gasteiger partial charge is 0.258 e. The van der Waals surface area contributed by atoms with Crippen molar-refractivity contribution in [2.45, 2.75) is 18.6 Å². The molecule has 6 nitrogen and oxygen atoms in total. The first-order chi connectivity index (χ1) is 11.6. The molecule has 7 heteroatoms. The van der Waals surface area contributed by atoms with Crippen molar-refractivity contribution in [1.82, 2.24) is 19.5 Å². The number of β-amino-alcohol motifs (C(OH)–C–C–N with tert-alkyl or cyclic N) is 1. The number of carbonyl (C=O) groups excluding carboxylic acids is 1. The second-order valence-electron chi connectivity index (χ2n) is 5.88. The molecule has 1 aromatic carbocycles. The highest BCUT2D eigenvalue weighted by Crippen LogP contribution is 2.34. The van der Waals surface area contributed by atoms with Crippen molar-refractivity contribution in [2.24, 2.45) is 0 Å². The monoisotopic (exact) mass is 326 g/mol. The van der Waals surface area contributed by atoms with Crippen molar-refractivity contribution >= 4 is 11.4 Å². The summed E-state index contributed by atoms with van der Waals surface area (Å²) in [4.78, 5) is 18.6. The summed E-state index contributed by atoms with van der Waals surface area (Å²) in [7, 11) is 0. The first-order valence-electron chi connectivity index (χ1n) is 7.65. The van der Waals surface area contributed by atoms with Crippen LogP contribution in [-0.2, 0) is 0 Å². The standard InChI is InChI=1S/C17H15FN4O2/c18-12-3-1-11(2-4-12)15-7-13(23)10-21(15)17(24)14-8-20-22-6-5-19-9-16(14)22/h1-6,8-9,13,15,23H,7,10H2. The highest BCUT2D eigenvalue weighted by atomic mass is 19.1. The Morgan fingerprint density at radius 3 is 2.83 bits per heavy atom. The predicted octanol–water partition coefficient (Wildman–Crippen LogP) is 1.82. The van der Waals surface area contributed by atoms with E-state index < -0.39 is 6.10 Å². The van der Waals surface area contributed by atoms with E-state index in [9.17, 15) is 14.3 Å². The van der Waals surface area contributed by atoms with Gasteiger partial charge in [-0.2, -0.15) is 5.10 Å². The number of carbonyl (C=O) groups is 1. The Kier molecular flexibility index (Phi) is 3.50. The number of halogens is 1. The fourth-order valence-corrected chi connectivity index (χ4v) is 3.19. The molecule has 1 fully saturated rings. The summed E-state index contributed by atoms with van der Waals surface area (Å²) in [6.45, 7) is 0.235. The van der Waals surface area contributed by atoms with Crippen LogP contribution in [0.15, 0.2) is 49.1 Å². The van der Waals surface area contributed by atoms with E-state index in [1.54, 1.807) is 40.1 Å². The Morgan fingerprint density at radius 1 is 1.25 bits per heavy atom. The third kappa shape index (κ3) is 2.43. The minimum atomic E-state index is -0.607. The Hall–Kier alpha value is -2.80. The van der Waals surface area contributed by atoms with Gasteiger partial charge < -0.3 is 10.0 Å². The topological polar surface area (TPSA) is 70.7 Å². The van der Waals surface area contributed by atoms with Crippen molar-refractivity contribution in [1.29, 1.82) is 0 Å². The van der Waals surface area contributed by atoms with Crippen LogP contribution in [0.3, 0.4) is 0 Å². The van der Waals surface area contributed by atoms with Gasteiger partial charge in [0.2, 0.25) is 0 Å². The van der Waals surface area contributed by atoms with Gasteiger partial charge in [-0.25, -0.2) is 8.91 Å². The van der Waals surface area contributed by atoms with E-state index >= 15 is 0 Å². The molecule has 0 saturated carbocycles. The molecule has 1 N–H and O–H groups in total. The van der Waals surface area contributed by atoms with Crippen LogP contribution in [0.2, 0.25) is 0 Å². The second kappa shape index (κ2) is 5.68. The minimum absolute atomic E-state index is 0.219. The molecule has 1 aliphatic rings. The SMILES string of the molecule is O=C(c1cnn2ccncc12)N1CC(O)CC1c1ccc(F)cc1. The van der Waals surface area contributed by atoms with Gasteiger partial charge in [-0.15, -0.1) is 0 Å². The van der Waals surface area contributed by atoms with Gasteiger partial charge in [0.05, 0.1) is 35.6 Å². The average molecular weight is 326 g/mol. The molecule has 0 bridgehead atoms. The van der Waals surface area contributed by atoms with Crippen LogP contribution < -0.4 is 0 Å². The second-order valence-corrected chi connectivity index (χ2v) is 5.88. The fraction of sp³-hybridized carbons (Fsp3) is 0.235. The molecule has 1 saturated heterocycles. The molecule has 2 atom stereocenters. The van der Waals surface area contributed by atoms with Crippen molar-refractivity contribution in [3.63, 3.8) is 0 Å². The molecule has 0 radical (unpaired) electrons. The van der Waals surface area contributed by atoms with Gasteiger partial charge in [-0.3, -0.25) is 9.78 Å². The van der Waals surface area contributed by atoms with Gasteiger partial charge in [-0.05, 0) is 24.1 Å². The van der Waals surface area contributed by atoms with Crippen molar-refractivity contribution in [3.8, 4) is 0 Å². The molecule has 3 aromatic rings. The zero-order valence-corrected chi connectivity index (χ0v) is 12.7. The lowest BCUT2D eigenvalue weighted by Gasteiger charge is -2.24. The van der Waals surface area contributed by atoms with Gasteiger partial charge in [0.15, 0.2) is 0 Å². The average Bonchev–Trinajstić information content (AvgIpc) is 3.19. The molecule has 0 aliphatic carbocycles. The summed E-state index contributed by atoms with van der Waals surface area (Å²) in [5.74, 6) is -0.548. The van der Waals surface area contributed by atoms with Crippen LogP contribution in [-0.4, -0.2) is 43.2 Å². The third-order valence-corrected chi connectivity index (χ3v) is 4.35. The zero-order valence-electron chi connectivity index (χ0n) is 12.7. The number of likely N-dealkylation sites (tertiary alicyclic amines) is 1. The summed E-state index contributed by atoms with van der Waals surface area (Å²) < 4.78 is 14.7. The highest BCUT2D eigenvalue weighted by Gasteiger charge is 2.36. The van der Waals surface area contributed by atoms with Crippen LogP contribution in [0.1, 0.15) is 28.4 Å². The van der Waals surface area contributed by atoms with Gasteiger partial charge in [0, 0.05) is 18.9 Å². The highest BCUT2D eigenvalue weighted by molar-refractivity contribution is 6.00. The largest absolute Gasteiger partial charge is 0.391 e. The molecule has 3 heterocycles. The number of amides is 1. The Balaban J connectivity index is 1.70. The zero-order chi connectivity index (χ0) is 16.7. The summed E-state index contributed by atoms with van der Waals surface area (Å²) in [6, 6.07) is 5.73. The van der Waals surface area contributed by atoms with Crippen LogP contribution in [0.25, 0.3) is 5.52 Å². The Labute approximate surface area is 137 Å². The molecular formula is C17H15FN4O2. The maximum Gasteiger partial charge on any atom is 0.258 e. The van der Waals surface area contributed by atoms with Crippen LogP contribution in [0.4, 0.5) is 4.39 Å². The van der Waals surface area contributed by atoms with Gasteiger partial charge in [-0.1, -0.05) is 12.1 Å². The van der Waals surface area contributed by atoms with Gasteiger partial charge in [0.25, 0.3) is 5.91 Å².